The number of hydrogen-bond donors (Lipinski definition) is 2. The summed E-state index contributed by atoms with van der Waals surface area (Å²) in [5.41, 5.74) is 4.87. The molecular formula is C13H18N2O4S. The fraction of sp³-hybridized carbons (Fsp3) is 0.385. The summed E-state index contributed by atoms with van der Waals surface area (Å²) in [6.07, 6.45) is 0. The molecule has 0 radical (unpaired) electrons. The van der Waals surface area contributed by atoms with Crippen molar-refractivity contribution in [3.63, 3.8) is 0 Å². The minimum atomic E-state index is -0.836. The molecule has 6 nitrogen and oxygen atoms in total. The maximum atomic E-state index is 11.4. The summed E-state index contributed by atoms with van der Waals surface area (Å²) in [6.45, 7) is 2.17. The van der Waals surface area contributed by atoms with Gasteiger partial charge in [-0.15, -0.1) is 11.8 Å². The van der Waals surface area contributed by atoms with Crippen LogP contribution in [-0.4, -0.2) is 36.7 Å². The zero-order valence-corrected chi connectivity index (χ0v) is 12.2. The minimum Gasteiger partial charge on any atom is -0.497 e. The third-order valence-electron chi connectivity index (χ3n) is 2.39. The van der Waals surface area contributed by atoms with Crippen LogP contribution in [0.5, 0.6) is 11.5 Å². The van der Waals surface area contributed by atoms with Crippen molar-refractivity contribution in [1.29, 1.82) is 0 Å². The molecule has 3 amide bonds. The summed E-state index contributed by atoms with van der Waals surface area (Å²) in [5, 5.41) is 1.68. The van der Waals surface area contributed by atoms with Crippen LogP contribution >= 0.6 is 11.8 Å². The van der Waals surface area contributed by atoms with E-state index in [1.54, 1.807) is 14.0 Å². The second kappa shape index (κ2) is 8.31. The van der Waals surface area contributed by atoms with Gasteiger partial charge in [0.1, 0.15) is 11.5 Å². The standard InChI is InChI=1S/C13H18N2O4S/c1-9(12(16)15-13(14)17)20-8-7-19-11-5-3-10(18-2)4-6-11/h3-6,9H,7-8H2,1-2H3,(H3,14,15,16,17). The van der Waals surface area contributed by atoms with Gasteiger partial charge in [0, 0.05) is 5.75 Å². The molecule has 0 aliphatic heterocycles. The summed E-state index contributed by atoms with van der Waals surface area (Å²) in [7, 11) is 1.60. The first-order valence-corrected chi connectivity index (χ1v) is 7.06. The van der Waals surface area contributed by atoms with E-state index in [2.05, 4.69) is 0 Å². The molecule has 0 saturated heterocycles. The second-order valence-electron chi connectivity index (χ2n) is 3.89. The Bertz CT molecular complexity index is 450. The molecule has 0 saturated carbocycles. The molecule has 110 valence electrons. The smallest absolute Gasteiger partial charge is 0.318 e. The Kier molecular flexibility index (Phi) is 6.72. The van der Waals surface area contributed by atoms with Crippen molar-refractivity contribution in [2.75, 3.05) is 19.5 Å². The van der Waals surface area contributed by atoms with Gasteiger partial charge in [-0.3, -0.25) is 10.1 Å². The molecule has 1 atom stereocenters. The summed E-state index contributed by atoms with van der Waals surface area (Å²) in [5.74, 6) is 1.73. The molecule has 7 heteroatoms. The molecule has 1 aromatic carbocycles. The van der Waals surface area contributed by atoms with Crippen LogP contribution < -0.4 is 20.5 Å². The summed E-state index contributed by atoms with van der Waals surface area (Å²) >= 11 is 1.38. The van der Waals surface area contributed by atoms with Crippen molar-refractivity contribution >= 4 is 23.7 Å². The topological polar surface area (TPSA) is 90.7 Å². The Labute approximate surface area is 122 Å². The highest BCUT2D eigenvalue weighted by molar-refractivity contribution is 8.00. The quantitative estimate of drug-likeness (QED) is 0.742. The molecule has 3 N–H and O–H groups in total. The minimum absolute atomic E-state index is 0.359. The van der Waals surface area contributed by atoms with Gasteiger partial charge in [-0.2, -0.15) is 0 Å². The highest BCUT2D eigenvalue weighted by atomic mass is 32.2. The molecule has 0 aromatic heterocycles. The summed E-state index contributed by atoms with van der Waals surface area (Å²) in [6, 6.07) is 6.41. The predicted molar refractivity (Wildman–Crippen MR) is 78.1 cm³/mol. The van der Waals surface area contributed by atoms with Gasteiger partial charge in [-0.1, -0.05) is 0 Å². The number of methoxy groups -OCH3 is 1. The molecule has 0 spiro atoms. The molecule has 1 rings (SSSR count). The van der Waals surface area contributed by atoms with Crippen LogP contribution in [-0.2, 0) is 4.79 Å². The van der Waals surface area contributed by atoms with Crippen LogP contribution in [0.2, 0.25) is 0 Å². The fourth-order valence-electron chi connectivity index (χ4n) is 1.36. The number of amides is 3. The Hall–Kier alpha value is -1.89. The number of nitrogens with one attached hydrogen (secondary N) is 1. The summed E-state index contributed by atoms with van der Waals surface area (Å²) < 4.78 is 10.6. The molecule has 0 bridgehead atoms. The van der Waals surface area contributed by atoms with Crippen LogP contribution in [0.3, 0.4) is 0 Å². The van der Waals surface area contributed by atoms with E-state index in [9.17, 15) is 9.59 Å². The van der Waals surface area contributed by atoms with Crippen LogP contribution in [0, 0.1) is 0 Å². The number of ether oxygens (including phenoxy) is 2. The number of benzene rings is 1. The average molecular weight is 298 g/mol. The van der Waals surface area contributed by atoms with Gasteiger partial charge in [0.05, 0.1) is 19.0 Å². The molecule has 1 unspecified atom stereocenters. The van der Waals surface area contributed by atoms with Crippen LogP contribution in [0.15, 0.2) is 24.3 Å². The number of nitrogens with two attached hydrogens (primary N) is 1. The van der Waals surface area contributed by atoms with E-state index in [0.717, 1.165) is 11.5 Å². The van der Waals surface area contributed by atoms with Gasteiger partial charge in [0.25, 0.3) is 0 Å². The van der Waals surface area contributed by atoms with Gasteiger partial charge in [-0.05, 0) is 31.2 Å². The van der Waals surface area contributed by atoms with E-state index in [1.165, 1.54) is 11.8 Å². The number of carbonyl (C=O) groups is 2. The number of rotatable bonds is 7. The van der Waals surface area contributed by atoms with Gasteiger partial charge in [0.15, 0.2) is 0 Å². The van der Waals surface area contributed by atoms with E-state index in [0.29, 0.717) is 12.4 Å². The number of hydrogen-bond acceptors (Lipinski definition) is 5. The van der Waals surface area contributed by atoms with Gasteiger partial charge in [0.2, 0.25) is 5.91 Å². The Balaban J connectivity index is 2.23. The van der Waals surface area contributed by atoms with Gasteiger partial charge >= 0.3 is 6.03 Å². The Morgan fingerprint density at radius 2 is 1.90 bits per heavy atom. The van der Waals surface area contributed by atoms with E-state index in [-0.39, 0.29) is 5.25 Å². The average Bonchev–Trinajstić information content (AvgIpc) is 2.43. The van der Waals surface area contributed by atoms with Crippen LogP contribution in [0.1, 0.15) is 6.92 Å². The first-order chi connectivity index (χ1) is 9.52. The predicted octanol–water partition coefficient (Wildman–Crippen LogP) is 1.39. The third-order valence-corrected chi connectivity index (χ3v) is 3.51. The lowest BCUT2D eigenvalue weighted by Crippen LogP contribution is -2.39. The first-order valence-electron chi connectivity index (χ1n) is 6.01. The third kappa shape index (κ3) is 5.83. The maximum Gasteiger partial charge on any atom is 0.318 e. The normalized spacial score (nSPS) is 11.5. The molecule has 0 aliphatic rings. The van der Waals surface area contributed by atoms with Crippen molar-refractivity contribution in [2.24, 2.45) is 5.73 Å². The molecule has 0 aliphatic carbocycles. The lowest BCUT2D eigenvalue weighted by molar-refractivity contribution is -0.119. The van der Waals surface area contributed by atoms with Crippen LogP contribution in [0.25, 0.3) is 0 Å². The zero-order valence-electron chi connectivity index (χ0n) is 11.4. The van der Waals surface area contributed by atoms with Gasteiger partial charge < -0.3 is 15.2 Å². The number of urea groups is 1. The highest BCUT2D eigenvalue weighted by Crippen LogP contribution is 2.17. The number of primary amides is 1. The summed E-state index contributed by atoms with van der Waals surface area (Å²) in [4.78, 5) is 21.9. The largest absolute Gasteiger partial charge is 0.497 e. The first kappa shape index (κ1) is 16.2. The zero-order chi connectivity index (χ0) is 15.0. The van der Waals surface area contributed by atoms with Crippen molar-refractivity contribution in [3.05, 3.63) is 24.3 Å². The molecule has 0 fully saturated rings. The van der Waals surface area contributed by atoms with Crippen molar-refractivity contribution < 1.29 is 19.1 Å². The Morgan fingerprint density at radius 1 is 1.30 bits per heavy atom. The highest BCUT2D eigenvalue weighted by Gasteiger charge is 2.14. The van der Waals surface area contributed by atoms with Crippen molar-refractivity contribution in [3.8, 4) is 11.5 Å². The van der Waals surface area contributed by atoms with E-state index >= 15 is 0 Å². The number of imide groups is 1. The number of carbonyl (C=O) groups excluding carboxylic acids is 2. The van der Waals surface area contributed by atoms with E-state index in [1.807, 2.05) is 29.6 Å². The Morgan fingerprint density at radius 3 is 2.45 bits per heavy atom. The molecule has 1 aromatic rings. The molecule has 20 heavy (non-hydrogen) atoms. The number of thioether (sulfide) groups is 1. The fourth-order valence-corrected chi connectivity index (χ4v) is 2.10. The lowest BCUT2D eigenvalue weighted by atomic mass is 10.3. The maximum absolute atomic E-state index is 11.4. The molecule has 0 heterocycles. The second-order valence-corrected chi connectivity index (χ2v) is 5.34. The van der Waals surface area contributed by atoms with Gasteiger partial charge in [-0.25, -0.2) is 4.79 Å². The molecular weight excluding hydrogens is 280 g/mol. The monoisotopic (exact) mass is 298 g/mol. The van der Waals surface area contributed by atoms with E-state index < -0.39 is 11.9 Å². The van der Waals surface area contributed by atoms with E-state index in [4.69, 9.17) is 15.2 Å². The van der Waals surface area contributed by atoms with Crippen LogP contribution in [0.4, 0.5) is 4.79 Å². The van der Waals surface area contributed by atoms with Crippen molar-refractivity contribution in [2.45, 2.75) is 12.2 Å². The lowest BCUT2D eigenvalue weighted by Gasteiger charge is -2.11. The SMILES string of the molecule is COc1ccc(OCCSC(C)C(=O)NC(N)=O)cc1. The van der Waals surface area contributed by atoms with Crippen molar-refractivity contribution in [1.82, 2.24) is 5.32 Å².